The molecule has 0 heterocycles. The Morgan fingerprint density at radius 2 is 0.905 bits per heavy atom. The molecule has 0 spiro atoms. The zero-order valence-electron chi connectivity index (χ0n) is 15.1. The van der Waals surface area contributed by atoms with Crippen LogP contribution in [-0.4, -0.2) is 16.0 Å². The Labute approximate surface area is 133 Å². The lowest BCUT2D eigenvalue weighted by Gasteiger charge is -2.45. The highest BCUT2D eigenvalue weighted by Gasteiger charge is 2.46. The summed E-state index contributed by atoms with van der Waals surface area (Å²) in [7, 11) is 0. The summed E-state index contributed by atoms with van der Waals surface area (Å²) in [6, 6.07) is 0. The minimum Gasteiger partial charge on any atom is -0.365 e. The molecule has 0 aromatic heterocycles. The van der Waals surface area contributed by atoms with Crippen LogP contribution in [0.3, 0.4) is 0 Å². The van der Waals surface area contributed by atoms with Crippen molar-refractivity contribution in [3.63, 3.8) is 0 Å². The van der Waals surface area contributed by atoms with Crippen molar-refractivity contribution in [2.24, 2.45) is 5.41 Å². The van der Waals surface area contributed by atoms with Gasteiger partial charge in [0.25, 0.3) is 0 Å². The van der Waals surface area contributed by atoms with E-state index in [4.69, 9.17) is 0 Å². The van der Waals surface area contributed by atoms with Gasteiger partial charge in [-0.1, -0.05) is 79.1 Å². The van der Waals surface area contributed by atoms with E-state index in [1.807, 2.05) is 0 Å². The van der Waals surface area contributed by atoms with Gasteiger partial charge in [0, 0.05) is 11.8 Å². The number of unbranched alkanes of at least 4 members (excludes halogenated alkanes) is 5. The number of rotatable bonds is 14. The quantitative estimate of drug-likeness (QED) is 0.314. The van der Waals surface area contributed by atoms with Gasteiger partial charge in [-0.15, -0.1) is 0 Å². The number of hydrogen-bond donors (Lipinski definition) is 2. The third-order valence-corrected chi connectivity index (χ3v) is 5.00. The summed E-state index contributed by atoms with van der Waals surface area (Å²) in [6.07, 6.45) is 13.3. The van der Waals surface area contributed by atoms with Crippen LogP contribution in [0.1, 0.15) is 111 Å². The fraction of sp³-hybridized carbons (Fsp3) is 1.00. The highest BCUT2D eigenvalue weighted by Crippen LogP contribution is 2.46. The van der Waals surface area contributed by atoms with E-state index in [0.29, 0.717) is 6.42 Å². The minimum atomic E-state index is -1.49. The van der Waals surface area contributed by atoms with Crippen molar-refractivity contribution in [2.45, 2.75) is 117 Å². The first-order chi connectivity index (χ1) is 9.99. The van der Waals surface area contributed by atoms with Gasteiger partial charge in [-0.05, 0) is 25.7 Å². The van der Waals surface area contributed by atoms with Crippen molar-refractivity contribution < 1.29 is 10.2 Å². The maximum absolute atomic E-state index is 10.9. The van der Waals surface area contributed by atoms with Crippen molar-refractivity contribution >= 4 is 0 Å². The summed E-state index contributed by atoms with van der Waals surface area (Å²) in [5.74, 6) is -1.49. The summed E-state index contributed by atoms with van der Waals surface area (Å²) < 4.78 is 0. The van der Waals surface area contributed by atoms with Crippen LogP contribution < -0.4 is 0 Å². The van der Waals surface area contributed by atoms with Gasteiger partial charge in [0.1, 0.15) is 0 Å². The number of hydrogen-bond acceptors (Lipinski definition) is 2. The van der Waals surface area contributed by atoms with Crippen LogP contribution >= 0.6 is 0 Å². The van der Waals surface area contributed by atoms with Gasteiger partial charge in [0.15, 0.2) is 5.79 Å². The van der Waals surface area contributed by atoms with Crippen molar-refractivity contribution in [3.8, 4) is 0 Å². The Bertz CT molecular complexity index is 228. The van der Waals surface area contributed by atoms with Crippen LogP contribution in [0.4, 0.5) is 0 Å². The lowest BCUT2D eigenvalue weighted by Crippen LogP contribution is -2.48. The van der Waals surface area contributed by atoms with E-state index in [9.17, 15) is 10.2 Å². The van der Waals surface area contributed by atoms with E-state index in [0.717, 1.165) is 64.2 Å². The minimum absolute atomic E-state index is 0.288. The van der Waals surface area contributed by atoms with Gasteiger partial charge in [-0.2, -0.15) is 0 Å². The molecule has 0 unspecified atom stereocenters. The van der Waals surface area contributed by atoms with E-state index in [1.165, 1.54) is 12.8 Å². The van der Waals surface area contributed by atoms with Crippen molar-refractivity contribution in [2.75, 3.05) is 0 Å². The topological polar surface area (TPSA) is 40.5 Å². The molecule has 0 aromatic rings. The number of aliphatic hydroxyl groups is 2. The fourth-order valence-corrected chi connectivity index (χ4v) is 3.41. The van der Waals surface area contributed by atoms with E-state index in [1.54, 1.807) is 0 Å². The normalized spacial score (nSPS) is 12.9. The van der Waals surface area contributed by atoms with Gasteiger partial charge >= 0.3 is 0 Å². The van der Waals surface area contributed by atoms with E-state index < -0.39 is 5.79 Å². The van der Waals surface area contributed by atoms with Crippen molar-refractivity contribution in [3.05, 3.63) is 0 Å². The maximum atomic E-state index is 10.9. The van der Waals surface area contributed by atoms with Crippen molar-refractivity contribution in [1.29, 1.82) is 0 Å². The predicted octanol–water partition coefficient (Wildman–Crippen LogP) is 5.80. The second kappa shape index (κ2) is 11.5. The molecular formula is C19H40O2. The smallest absolute Gasteiger partial charge is 0.168 e. The highest BCUT2D eigenvalue weighted by molar-refractivity contribution is 4.91. The summed E-state index contributed by atoms with van der Waals surface area (Å²) in [5, 5.41) is 21.7. The molecule has 0 aromatic carbocycles. The highest BCUT2D eigenvalue weighted by atomic mass is 16.5. The van der Waals surface area contributed by atoms with Gasteiger partial charge in [0.05, 0.1) is 0 Å². The monoisotopic (exact) mass is 300 g/mol. The van der Waals surface area contributed by atoms with Gasteiger partial charge in [0.2, 0.25) is 0 Å². The van der Waals surface area contributed by atoms with Crippen LogP contribution in [0.5, 0.6) is 0 Å². The standard InChI is InChI=1S/C19H40O2/c1-5-9-13-16-18(14-10-6-2,15-11-7-3)19(20,21)17-12-8-4/h20-21H,5-17H2,1-4H3. The first-order valence-electron chi connectivity index (χ1n) is 9.44. The third kappa shape index (κ3) is 7.15. The maximum Gasteiger partial charge on any atom is 0.168 e. The average Bonchev–Trinajstić information content (AvgIpc) is 2.47. The zero-order valence-corrected chi connectivity index (χ0v) is 15.1. The SMILES string of the molecule is CCCCCC(CCCC)(CCCC)C(O)(O)CCCC. The van der Waals surface area contributed by atoms with Gasteiger partial charge in [-0.3, -0.25) is 0 Å². The Morgan fingerprint density at radius 3 is 1.33 bits per heavy atom. The molecule has 2 nitrogen and oxygen atoms in total. The molecule has 0 amide bonds. The van der Waals surface area contributed by atoms with E-state index >= 15 is 0 Å². The Hall–Kier alpha value is -0.0800. The molecule has 0 saturated heterocycles. The lowest BCUT2D eigenvalue weighted by atomic mass is 9.67. The summed E-state index contributed by atoms with van der Waals surface area (Å²) in [4.78, 5) is 0. The van der Waals surface area contributed by atoms with E-state index in [-0.39, 0.29) is 5.41 Å². The molecule has 0 atom stereocenters. The molecule has 128 valence electrons. The summed E-state index contributed by atoms with van der Waals surface area (Å²) in [6.45, 7) is 8.72. The molecule has 2 heteroatoms. The second-order valence-corrected chi connectivity index (χ2v) is 6.86. The average molecular weight is 301 g/mol. The Kier molecular flexibility index (Phi) is 11.4. The van der Waals surface area contributed by atoms with Crippen molar-refractivity contribution in [1.82, 2.24) is 0 Å². The first kappa shape index (κ1) is 20.9. The molecule has 0 aliphatic heterocycles. The van der Waals surface area contributed by atoms with Gasteiger partial charge in [-0.25, -0.2) is 0 Å². The molecular weight excluding hydrogens is 260 g/mol. The summed E-state index contributed by atoms with van der Waals surface area (Å²) >= 11 is 0. The predicted molar refractivity (Wildman–Crippen MR) is 92.3 cm³/mol. The van der Waals surface area contributed by atoms with Crippen LogP contribution in [0.15, 0.2) is 0 Å². The molecule has 0 rings (SSSR count). The molecule has 0 radical (unpaired) electrons. The Morgan fingerprint density at radius 1 is 0.524 bits per heavy atom. The van der Waals surface area contributed by atoms with Crippen LogP contribution in [0.2, 0.25) is 0 Å². The second-order valence-electron chi connectivity index (χ2n) is 6.86. The van der Waals surface area contributed by atoms with Crippen LogP contribution in [0.25, 0.3) is 0 Å². The third-order valence-electron chi connectivity index (χ3n) is 5.00. The molecule has 0 fully saturated rings. The fourth-order valence-electron chi connectivity index (χ4n) is 3.41. The zero-order chi connectivity index (χ0) is 16.2. The molecule has 0 aliphatic rings. The van der Waals surface area contributed by atoms with E-state index in [2.05, 4.69) is 27.7 Å². The molecule has 2 N–H and O–H groups in total. The summed E-state index contributed by atoms with van der Waals surface area (Å²) in [5.41, 5.74) is -0.288. The lowest BCUT2D eigenvalue weighted by molar-refractivity contribution is -0.256. The van der Waals surface area contributed by atoms with Crippen LogP contribution in [-0.2, 0) is 0 Å². The molecule has 0 aliphatic carbocycles. The first-order valence-corrected chi connectivity index (χ1v) is 9.44. The van der Waals surface area contributed by atoms with Gasteiger partial charge < -0.3 is 10.2 Å². The Balaban J connectivity index is 5.08. The molecule has 0 saturated carbocycles. The molecule has 0 bridgehead atoms. The molecule has 21 heavy (non-hydrogen) atoms. The largest absolute Gasteiger partial charge is 0.365 e. The van der Waals surface area contributed by atoms with Crippen LogP contribution in [0, 0.1) is 5.41 Å².